The number of benzene rings is 10. The van der Waals surface area contributed by atoms with Crippen LogP contribution in [0, 0.1) is 10.1 Å². The van der Waals surface area contributed by atoms with Gasteiger partial charge in [0.2, 0.25) is 0 Å². The lowest BCUT2D eigenvalue weighted by molar-refractivity contribution is -0.384. The van der Waals surface area contributed by atoms with E-state index in [1.165, 1.54) is 110 Å². The minimum absolute atomic E-state index is 0.0507. The quantitative estimate of drug-likeness (QED) is 0.0343. The number of esters is 1. The molecular formula is C114H141N5O7S2. The van der Waals surface area contributed by atoms with Crippen molar-refractivity contribution in [1.29, 1.82) is 0 Å². The van der Waals surface area contributed by atoms with E-state index < -0.39 is 0 Å². The summed E-state index contributed by atoms with van der Waals surface area (Å²) in [5.74, 6) is -0.822. The topological polar surface area (TPSA) is 155 Å². The number of hydrogen-bond acceptors (Lipinski definition) is 11. The van der Waals surface area contributed by atoms with E-state index in [4.69, 9.17) is 4.74 Å². The Hall–Kier alpha value is -11.6. The molecule has 676 valence electrons. The second-order valence-electron chi connectivity index (χ2n) is 41.2. The van der Waals surface area contributed by atoms with Crippen LogP contribution in [0.4, 0.5) is 11.4 Å². The molecule has 0 saturated heterocycles. The van der Waals surface area contributed by atoms with Gasteiger partial charge < -0.3 is 9.30 Å². The van der Waals surface area contributed by atoms with E-state index >= 15 is 0 Å². The number of anilines is 1. The third kappa shape index (κ3) is 32.6. The smallest absolute Gasteiger partial charge is 0.330 e. The fourth-order valence-corrected chi connectivity index (χ4v) is 14.7. The van der Waals surface area contributed by atoms with Crippen molar-refractivity contribution in [2.45, 2.75) is 263 Å². The molecule has 3 aromatic heterocycles. The molecule has 2 amide bonds. The Morgan fingerprint density at radius 3 is 1.25 bits per heavy atom. The number of hydrogen-bond donors (Lipinski definition) is 0. The van der Waals surface area contributed by atoms with Crippen LogP contribution >= 0.6 is 22.7 Å². The van der Waals surface area contributed by atoms with Gasteiger partial charge in [-0.2, -0.15) is 0 Å². The van der Waals surface area contributed by atoms with Crippen LogP contribution in [0.25, 0.3) is 49.2 Å². The highest BCUT2D eigenvalue weighted by molar-refractivity contribution is 7.18. The van der Waals surface area contributed by atoms with Crippen molar-refractivity contribution in [2.75, 3.05) is 4.90 Å². The number of ketones is 1. The number of aryl methyl sites for hydroxylation is 1. The molecule has 0 N–H and O–H groups in total. The molecule has 0 fully saturated rings. The third-order valence-corrected chi connectivity index (χ3v) is 23.8. The van der Waals surface area contributed by atoms with Gasteiger partial charge in [-0.1, -0.05) is 394 Å². The molecule has 1 aliphatic heterocycles. The van der Waals surface area contributed by atoms with Crippen molar-refractivity contribution in [1.82, 2.24) is 14.5 Å². The lowest BCUT2D eigenvalue weighted by Gasteiger charge is -2.20. The number of para-hydroxylation sites is 2. The summed E-state index contributed by atoms with van der Waals surface area (Å²) in [4.78, 5) is 64.8. The van der Waals surface area contributed by atoms with E-state index in [1.807, 2.05) is 90.4 Å². The zero-order valence-corrected chi connectivity index (χ0v) is 83.4. The van der Waals surface area contributed by atoms with Gasteiger partial charge >= 0.3 is 5.97 Å². The van der Waals surface area contributed by atoms with Crippen LogP contribution in [0.2, 0.25) is 0 Å². The summed E-state index contributed by atoms with van der Waals surface area (Å²) < 4.78 is 8.63. The monoisotopic (exact) mass is 1760 g/mol. The second kappa shape index (κ2) is 45.4. The molecule has 13 aromatic rings. The fourth-order valence-electron chi connectivity index (χ4n) is 12.9. The van der Waals surface area contributed by atoms with Gasteiger partial charge in [-0.3, -0.25) is 24.5 Å². The Morgan fingerprint density at radius 1 is 0.445 bits per heavy atom. The van der Waals surface area contributed by atoms with Gasteiger partial charge in [0.15, 0.2) is 5.78 Å². The molecule has 0 unspecified atom stereocenters. The molecular weight excluding hydrogens is 1620 g/mol. The van der Waals surface area contributed by atoms with Gasteiger partial charge in [-0.25, -0.2) is 19.7 Å². The van der Waals surface area contributed by atoms with Gasteiger partial charge in [0, 0.05) is 86.7 Å². The molecule has 128 heavy (non-hydrogen) atoms. The summed E-state index contributed by atoms with van der Waals surface area (Å²) in [6.45, 7) is 71.1. The number of Topliss-reactive ketones (excluding diaryl/α,β-unsaturated/α-hetero) is 1. The molecule has 14 heteroatoms. The van der Waals surface area contributed by atoms with Crippen LogP contribution in [0.1, 0.15) is 271 Å². The standard InChI is InChI=1S/C18H21N.C16H18.C14H15NO2.C14H18O2.C12H16O.C12H16.C11H13NS.C10H13NO2.C7H11NS/c1-5-19-16-9-7-6-8-14(16)15-12-13(18(2,3)4)10-11-17(15)19;1-16(2,3)15-11-9-14(10-12-15)13-7-5-4-6-8-13;1-14(2,3)10-4-6-11(7-5-10)15-12(16)8-9-13(15)17;1-5-13(15)16-10-11-6-8-12(9-7-11)14(2,3)4;1-9(13)10-5-7-11(8-6-10)12(2,3)4;1-5-10-6-8-11(9-7-10)12(2,3)4;1-11(2,3)10-12-8-6-4-5-7-9(8)13-10;1-10(2,3)8-4-6-9(7-5-8)11(12)13;1-7(2,3)6-8-4-5-9-6/h6-12H,5H2,1-4H3;4-12H,1-3H3;4-9H,1-3H3;5-9H,1,10H2,2-4H3;5-8H,1-4H3;5-9H,1H2,2-4H3;2*4-7H,1-3H3;4-5H,1-3H3. The van der Waals surface area contributed by atoms with Gasteiger partial charge in [0.25, 0.3) is 17.5 Å². The number of nitro groups is 1. The number of carbonyl (C=O) groups excluding carboxylic acids is 4. The van der Waals surface area contributed by atoms with Crippen molar-refractivity contribution in [2.24, 2.45) is 0 Å². The molecule has 0 aliphatic carbocycles. The molecule has 0 saturated carbocycles. The largest absolute Gasteiger partial charge is 0.458 e. The maximum Gasteiger partial charge on any atom is 0.330 e. The van der Waals surface area contributed by atoms with Crippen LogP contribution in [0.15, 0.2) is 286 Å². The summed E-state index contributed by atoms with van der Waals surface area (Å²) in [5.41, 5.74) is 20.6. The first-order chi connectivity index (χ1) is 59.4. The number of non-ortho nitro benzene ring substituents is 1. The molecule has 0 bridgehead atoms. The zero-order valence-electron chi connectivity index (χ0n) is 81.8. The number of ether oxygens (including phenoxy) is 1. The van der Waals surface area contributed by atoms with Crippen molar-refractivity contribution in [3.8, 4) is 11.1 Å². The van der Waals surface area contributed by atoms with Crippen molar-refractivity contribution in [3.63, 3.8) is 0 Å². The minimum atomic E-state index is -0.389. The van der Waals surface area contributed by atoms with Crippen LogP contribution in [-0.2, 0) is 81.0 Å². The van der Waals surface area contributed by atoms with Gasteiger partial charge in [0.05, 0.1) is 30.8 Å². The van der Waals surface area contributed by atoms with Crippen molar-refractivity contribution >= 4 is 95.7 Å². The zero-order chi connectivity index (χ0) is 95.7. The molecule has 4 heterocycles. The Bertz CT molecular complexity index is 5650. The predicted molar refractivity (Wildman–Crippen MR) is 548 cm³/mol. The first-order valence-electron chi connectivity index (χ1n) is 44.0. The summed E-state index contributed by atoms with van der Waals surface area (Å²) >= 11 is 3.51. The van der Waals surface area contributed by atoms with E-state index in [-0.39, 0.29) is 82.9 Å². The lowest BCUT2D eigenvalue weighted by Crippen LogP contribution is -2.29. The average molecular weight is 1760 g/mol. The fraction of sp³-hybridized carbons (Fsp3) is 0.351. The first kappa shape index (κ1) is 105. The molecule has 0 atom stereocenters. The maximum absolute atomic E-state index is 11.5. The van der Waals surface area contributed by atoms with Crippen LogP contribution in [0.5, 0.6) is 0 Å². The van der Waals surface area contributed by atoms with Crippen molar-refractivity contribution in [3.05, 3.63) is 361 Å². The number of thiazole rings is 2. The van der Waals surface area contributed by atoms with Crippen molar-refractivity contribution < 1.29 is 28.8 Å². The summed E-state index contributed by atoms with van der Waals surface area (Å²) in [7, 11) is 0. The Balaban J connectivity index is 0.000000224. The highest BCUT2D eigenvalue weighted by atomic mass is 32.1. The van der Waals surface area contributed by atoms with E-state index in [9.17, 15) is 29.3 Å². The number of nitro benzene ring substituents is 1. The number of rotatable bonds is 9. The van der Waals surface area contributed by atoms with Gasteiger partial charge in [-0.05, 0) is 155 Å². The summed E-state index contributed by atoms with van der Waals surface area (Å²) in [5, 5.41) is 17.6. The maximum atomic E-state index is 11.5. The molecule has 0 radical (unpaired) electrons. The van der Waals surface area contributed by atoms with E-state index in [1.54, 1.807) is 53.9 Å². The first-order valence-corrected chi connectivity index (χ1v) is 45.7. The Labute approximate surface area is 774 Å². The number of imide groups is 1. The SMILES string of the molecule is C=CC(=O)OCc1ccc(C(C)(C)C)cc1.C=Cc1ccc(C(C)(C)C)cc1.CC(=O)c1ccc(C(C)(C)C)cc1.CC(C)(C)c1ccc(-c2ccccc2)cc1.CC(C)(C)c1ccc(N2C(=O)C=CC2=O)cc1.CC(C)(C)c1ccc([N+](=O)[O-])cc1.CC(C)(C)c1nc2ccccc2s1.CC(C)(C)c1nccs1.CCn1c2ccccc2c2cc(C(C)(C)C)ccc21. The average Bonchev–Trinajstić information content (AvgIpc) is 1.60. The molecule has 12 nitrogen and oxygen atoms in total. The van der Waals surface area contributed by atoms with Crippen LogP contribution < -0.4 is 4.90 Å². The normalized spacial score (nSPS) is 12.2. The highest BCUT2D eigenvalue weighted by Crippen LogP contribution is 2.36. The number of aromatic nitrogens is 3. The number of carbonyl (C=O) groups is 4. The number of amides is 2. The molecule has 0 spiro atoms. The Morgan fingerprint density at radius 2 is 0.844 bits per heavy atom. The molecule has 10 aromatic carbocycles. The molecule has 1 aliphatic rings. The number of nitrogens with zero attached hydrogens (tertiary/aromatic N) is 5. The van der Waals surface area contributed by atoms with E-state index in [0.29, 0.717) is 12.3 Å². The third-order valence-electron chi connectivity index (χ3n) is 21.1. The van der Waals surface area contributed by atoms with Crippen LogP contribution in [0.3, 0.4) is 0 Å². The van der Waals surface area contributed by atoms with Gasteiger partial charge in [0.1, 0.15) is 6.61 Å². The van der Waals surface area contributed by atoms with Crippen LogP contribution in [-0.4, -0.2) is 43.0 Å². The lowest BCUT2D eigenvalue weighted by atomic mass is 9.86. The Kier molecular flexibility index (Phi) is 37.3. The van der Waals surface area contributed by atoms with E-state index in [2.05, 4.69) is 367 Å². The predicted octanol–water partition coefficient (Wildman–Crippen LogP) is 31.1. The summed E-state index contributed by atoms with van der Waals surface area (Å²) in [6.07, 6.45) is 7.47. The molecule has 14 rings (SSSR count). The highest BCUT2D eigenvalue weighted by Gasteiger charge is 2.27. The number of fused-ring (bicyclic) bond motifs is 4. The minimum Gasteiger partial charge on any atom is -0.458 e. The second-order valence-corrected chi connectivity index (χ2v) is 43.1. The van der Waals surface area contributed by atoms with Gasteiger partial charge in [-0.15, -0.1) is 22.7 Å². The summed E-state index contributed by atoms with van der Waals surface area (Å²) in [6, 6.07) is 81.9. The van der Waals surface area contributed by atoms with E-state index in [0.717, 1.165) is 28.8 Å².